The van der Waals surface area contributed by atoms with Gasteiger partial charge in [0.15, 0.2) is 0 Å². The third-order valence-electron chi connectivity index (χ3n) is 0.189. The molecule has 0 saturated carbocycles. The van der Waals surface area contributed by atoms with Gasteiger partial charge in [-0.1, -0.05) is 0 Å². The Morgan fingerprint density at radius 3 is 2.00 bits per heavy atom. The molecule has 0 spiro atoms. The monoisotopic (exact) mass is 157 g/mol. The van der Waals surface area contributed by atoms with Crippen LogP contribution in [0, 0.1) is 11.5 Å². The second kappa shape index (κ2) is 3.52. The molecule has 0 fully saturated rings. The number of rotatable bonds is 1. The molecule has 6 heteroatoms. The van der Waals surface area contributed by atoms with Crippen molar-refractivity contribution < 1.29 is 12.6 Å². The number of nitriles is 1. The molecule has 0 saturated heterocycles. The Bertz CT molecular complexity index is 178. The lowest BCUT2D eigenvalue weighted by atomic mass is 11.6. The number of hydrogen-bond acceptors (Lipinski definition) is 4. The molecule has 0 radical (unpaired) electrons. The molecule has 0 amide bonds. The van der Waals surface area contributed by atoms with Crippen molar-refractivity contribution in [3.63, 3.8) is 0 Å². The maximum atomic E-state index is 9.79. The molecule has 0 N–H and O–H groups in total. The highest BCUT2D eigenvalue weighted by Gasteiger charge is 1.95. The molecule has 8 heavy (non-hydrogen) atoms. The minimum absolute atomic E-state index is 0. The molecule has 0 aliphatic carbocycles. The molecule has 0 aromatic heterocycles. The van der Waals surface area contributed by atoms with E-state index < -0.39 is 10.1 Å². The molecule has 48 valence electrons. The summed E-state index contributed by atoms with van der Waals surface area (Å²) in [7, 11) is -3.54. The normalized spacial score (nSPS) is 8.50. The van der Waals surface area contributed by atoms with Gasteiger partial charge in [0.1, 0.15) is 0 Å². The lowest BCUT2D eigenvalue weighted by Gasteiger charge is -1.82. The van der Waals surface area contributed by atoms with E-state index in [0.29, 0.717) is 0 Å². The van der Waals surface area contributed by atoms with Crippen LogP contribution >= 0.6 is 12.4 Å². The third-order valence-corrected chi connectivity index (χ3v) is 0.566. The summed E-state index contributed by atoms with van der Waals surface area (Å²) < 4.78 is 23.1. The first-order chi connectivity index (χ1) is 3.06. The predicted molar refractivity (Wildman–Crippen MR) is 28.8 cm³/mol. The fourth-order valence-corrected chi connectivity index (χ4v) is 0.203. The van der Waals surface area contributed by atoms with E-state index in [1.165, 1.54) is 0 Å². The second-order valence-electron chi connectivity index (χ2n) is 0.879. The van der Waals surface area contributed by atoms with Crippen molar-refractivity contribution in [2.24, 2.45) is 0 Å². The number of nitrogens with zero attached hydrogens (tertiary/aromatic N) is 1. The van der Waals surface area contributed by atoms with Gasteiger partial charge in [0, 0.05) is 0 Å². The number of hydrogen-bond donors (Lipinski definition) is 0. The van der Waals surface area contributed by atoms with Crippen LogP contribution in [-0.4, -0.2) is 14.7 Å². The van der Waals surface area contributed by atoms with Gasteiger partial charge in [-0.05, 0) is 0 Å². The molecular formula is C2H4ClNO3S. The Kier molecular flexibility index (Phi) is 4.62. The van der Waals surface area contributed by atoms with Gasteiger partial charge in [0.25, 0.3) is 0 Å². The van der Waals surface area contributed by atoms with Gasteiger partial charge < -0.3 is 4.18 Å². The standard InChI is InChI=1S/C2H3NO3S.ClH/c1-7(4,5)6-2-3;/h1H3;1H. The van der Waals surface area contributed by atoms with Crippen LogP contribution in [0.2, 0.25) is 0 Å². The van der Waals surface area contributed by atoms with Crippen molar-refractivity contribution in [3.05, 3.63) is 0 Å². The van der Waals surface area contributed by atoms with E-state index >= 15 is 0 Å². The summed E-state index contributed by atoms with van der Waals surface area (Å²) in [5.74, 6) is 0. The van der Waals surface area contributed by atoms with E-state index in [0.717, 1.165) is 12.5 Å². The molecule has 0 rings (SSSR count). The van der Waals surface area contributed by atoms with Crippen molar-refractivity contribution in [3.8, 4) is 6.26 Å². The number of halogens is 1. The molecular weight excluding hydrogens is 154 g/mol. The van der Waals surface area contributed by atoms with Crippen molar-refractivity contribution >= 4 is 22.5 Å². The molecule has 0 bridgehead atoms. The highest BCUT2D eigenvalue weighted by atomic mass is 35.5. The van der Waals surface area contributed by atoms with Crippen LogP contribution in [0.5, 0.6) is 0 Å². The largest absolute Gasteiger partial charge is 0.315 e. The Morgan fingerprint density at radius 2 is 2.00 bits per heavy atom. The fourth-order valence-electron chi connectivity index (χ4n) is 0.0677. The molecule has 0 aliphatic heterocycles. The summed E-state index contributed by atoms with van der Waals surface area (Å²) in [5, 5.41) is 7.55. The zero-order valence-corrected chi connectivity index (χ0v) is 5.62. The average molecular weight is 158 g/mol. The van der Waals surface area contributed by atoms with Crippen molar-refractivity contribution in [1.82, 2.24) is 0 Å². The lowest BCUT2D eigenvalue weighted by molar-refractivity contribution is 0.465. The Balaban J connectivity index is 0. The van der Waals surface area contributed by atoms with Crippen LogP contribution in [0.1, 0.15) is 0 Å². The fraction of sp³-hybridized carbons (Fsp3) is 0.500. The smallest absolute Gasteiger partial charge is 0.302 e. The highest BCUT2D eigenvalue weighted by Crippen LogP contribution is 1.79. The summed E-state index contributed by atoms with van der Waals surface area (Å²) in [5.41, 5.74) is 0. The van der Waals surface area contributed by atoms with E-state index in [2.05, 4.69) is 4.18 Å². The molecule has 0 aromatic carbocycles. The Labute approximate surface area is 53.6 Å². The van der Waals surface area contributed by atoms with Crippen molar-refractivity contribution in [2.75, 3.05) is 6.26 Å². The summed E-state index contributed by atoms with van der Waals surface area (Å²) in [6.45, 7) is 0. The summed E-state index contributed by atoms with van der Waals surface area (Å²) in [6.07, 6.45) is 1.82. The first-order valence-corrected chi connectivity index (χ1v) is 3.15. The van der Waals surface area contributed by atoms with E-state index in [-0.39, 0.29) is 12.4 Å². The summed E-state index contributed by atoms with van der Waals surface area (Å²) in [6, 6.07) is 0. The van der Waals surface area contributed by atoms with Crippen LogP contribution < -0.4 is 0 Å². The summed E-state index contributed by atoms with van der Waals surface area (Å²) >= 11 is 0. The van der Waals surface area contributed by atoms with Crippen LogP contribution in [0.25, 0.3) is 0 Å². The molecule has 0 unspecified atom stereocenters. The molecule has 0 aromatic rings. The molecule has 0 aliphatic rings. The van der Waals surface area contributed by atoms with Crippen molar-refractivity contribution in [2.45, 2.75) is 0 Å². The third kappa shape index (κ3) is 9.11. The van der Waals surface area contributed by atoms with E-state index in [9.17, 15) is 8.42 Å². The molecule has 0 atom stereocenters. The quantitative estimate of drug-likeness (QED) is 0.393. The van der Waals surface area contributed by atoms with Crippen LogP contribution in [0.15, 0.2) is 0 Å². The van der Waals surface area contributed by atoms with E-state index in [4.69, 9.17) is 5.26 Å². The predicted octanol–water partition coefficient (Wildman–Crippen LogP) is -0.135. The second-order valence-corrected chi connectivity index (χ2v) is 2.45. The average Bonchev–Trinajstić information content (AvgIpc) is 1.30. The summed E-state index contributed by atoms with van der Waals surface area (Å²) in [4.78, 5) is 0. The highest BCUT2D eigenvalue weighted by molar-refractivity contribution is 7.86. The van der Waals surface area contributed by atoms with E-state index in [1.54, 1.807) is 0 Å². The van der Waals surface area contributed by atoms with Crippen LogP contribution in [0.4, 0.5) is 0 Å². The van der Waals surface area contributed by atoms with Crippen LogP contribution in [-0.2, 0) is 14.3 Å². The van der Waals surface area contributed by atoms with Gasteiger partial charge in [-0.2, -0.15) is 8.42 Å². The first kappa shape index (κ1) is 10.5. The van der Waals surface area contributed by atoms with Gasteiger partial charge in [-0.15, -0.1) is 17.7 Å². The minimum Gasteiger partial charge on any atom is -0.302 e. The van der Waals surface area contributed by atoms with Gasteiger partial charge in [0.05, 0.1) is 6.26 Å². The van der Waals surface area contributed by atoms with Gasteiger partial charge >= 0.3 is 16.4 Å². The van der Waals surface area contributed by atoms with Gasteiger partial charge in [-0.3, -0.25) is 0 Å². The Morgan fingerprint density at radius 1 is 1.62 bits per heavy atom. The maximum Gasteiger partial charge on any atom is 0.315 e. The lowest BCUT2D eigenvalue weighted by Crippen LogP contribution is -1.95. The zero-order valence-electron chi connectivity index (χ0n) is 3.99. The van der Waals surface area contributed by atoms with Crippen LogP contribution in [0.3, 0.4) is 0 Å². The van der Waals surface area contributed by atoms with E-state index in [1.807, 2.05) is 0 Å². The van der Waals surface area contributed by atoms with Crippen molar-refractivity contribution in [1.29, 1.82) is 5.26 Å². The maximum absolute atomic E-state index is 9.79. The molecule has 4 nitrogen and oxygen atoms in total. The van der Waals surface area contributed by atoms with Gasteiger partial charge in [0.2, 0.25) is 0 Å². The van der Waals surface area contributed by atoms with Gasteiger partial charge in [-0.25, -0.2) is 0 Å². The Hall–Kier alpha value is -0.470. The minimum atomic E-state index is -3.54. The SMILES string of the molecule is CS(=O)(=O)OC#N.Cl. The topological polar surface area (TPSA) is 67.2 Å². The first-order valence-electron chi connectivity index (χ1n) is 1.34. The molecule has 0 heterocycles. The zero-order chi connectivity index (χ0) is 5.91.